The highest BCUT2D eigenvalue weighted by atomic mass is 32.2. The number of aryl methyl sites for hydroxylation is 1. The minimum Gasteiger partial charge on any atom is -0.357 e. The minimum atomic E-state index is -4.07. The third-order valence-corrected chi connectivity index (χ3v) is 6.97. The van der Waals surface area contributed by atoms with E-state index in [9.17, 15) is 22.4 Å². The van der Waals surface area contributed by atoms with Crippen LogP contribution in [0.1, 0.15) is 18.1 Å². The smallest absolute Gasteiger partial charge is 0.304 e. The van der Waals surface area contributed by atoms with Crippen molar-refractivity contribution in [3.05, 3.63) is 65.5 Å². The van der Waals surface area contributed by atoms with E-state index in [0.29, 0.717) is 0 Å². The zero-order chi connectivity index (χ0) is 24.1. The molecule has 0 aliphatic heterocycles. The van der Waals surface area contributed by atoms with E-state index in [1.165, 1.54) is 38.2 Å². The Morgan fingerprint density at radius 2 is 1.66 bits per heavy atom. The standard InChI is InChI=1S/C22H29FN4O4S/c1-16-8-6-7-9-18(16)14-26(17(2)22(29)24-3)21(28)15-27(32(30,31)25(4)5)20-12-10-19(23)11-13-20/h6-13,17H,14-15H2,1-5H3,(H,24,29). The van der Waals surface area contributed by atoms with E-state index in [2.05, 4.69) is 5.32 Å². The van der Waals surface area contributed by atoms with Gasteiger partial charge in [0, 0.05) is 27.7 Å². The fraction of sp³-hybridized carbons (Fsp3) is 0.364. The summed E-state index contributed by atoms with van der Waals surface area (Å²) in [4.78, 5) is 27.1. The summed E-state index contributed by atoms with van der Waals surface area (Å²) in [6, 6.07) is 11.4. The number of nitrogens with one attached hydrogen (secondary N) is 1. The van der Waals surface area contributed by atoms with E-state index in [-0.39, 0.29) is 18.1 Å². The number of hydrogen-bond donors (Lipinski definition) is 1. The zero-order valence-corrected chi connectivity index (χ0v) is 19.7. The first-order valence-electron chi connectivity index (χ1n) is 10.00. The van der Waals surface area contributed by atoms with Gasteiger partial charge in [0.25, 0.3) is 0 Å². The van der Waals surface area contributed by atoms with Gasteiger partial charge in [0.15, 0.2) is 0 Å². The summed E-state index contributed by atoms with van der Waals surface area (Å²) in [5.41, 5.74) is 1.91. The fourth-order valence-corrected chi connectivity index (χ4v) is 4.14. The van der Waals surface area contributed by atoms with Crippen LogP contribution in [0, 0.1) is 12.7 Å². The molecular formula is C22H29FN4O4S. The molecule has 1 unspecified atom stereocenters. The molecule has 0 aliphatic carbocycles. The van der Waals surface area contributed by atoms with Gasteiger partial charge >= 0.3 is 10.2 Å². The maximum Gasteiger partial charge on any atom is 0.304 e. The van der Waals surface area contributed by atoms with Crippen LogP contribution in [0.25, 0.3) is 0 Å². The Hall–Kier alpha value is -2.98. The van der Waals surface area contributed by atoms with Crippen molar-refractivity contribution in [2.75, 3.05) is 32.0 Å². The molecule has 2 rings (SSSR count). The van der Waals surface area contributed by atoms with Gasteiger partial charge in [-0.25, -0.2) is 8.70 Å². The first-order chi connectivity index (χ1) is 15.0. The predicted octanol–water partition coefficient (Wildman–Crippen LogP) is 1.91. The molecule has 0 bridgehead atoms. The second-order valence-electron chi connectivity index (χ2n) is 7.51. The van der Waals surface area contributed by atoms with Crippen molar-refractivity contribution in [1.82, 2.24) is 14.5 Å². The van der Waals surface area contributed by atoms with E-state index in [1.807, 2.05) is 31.2 Å². The van der Waals surface area contributed by atoms with Gasteiger partial charge in [-0.2, -0.15) is 12.7 Å². The van der Waals surface area contributed by atoms with Gasteiger partial charge < -0.3 is 10.2 Å². The summed E-state index contributed by atoms with van der Waals surface area (Å²) in [5.74, 6) is -1.48. The third-order valence-electron chi connectivity index (χ3n) is 5.15. The van der Waals surface area contributed by atoms with E-state index < -0.39 is 34.5 Å². The van der Waals surface area contributed by atoms with E-state index >= 15 is 0 Å². The summed E-state index contributed by atoms with van der Waals surface area (Å²) in [6.45, 7) is 3.04. The minimum absolute atomic E-state index is 0.124. The molecule has 10 heteroatoms. The highest BCUT2D eigenvalue weighted by Crippen LogP contribution is 2.21. The number of anilines is 1. The molecule has 0 saturated heterocycles. The molecule has 0 saturated carbocycles. The highest BCUT2D eigenvalue weighted by molar-refractivity contribution is 7.90. The van der Waals surface area contributed by atoms with Crippen LogP contribution < -0.4 is 9.62 Å². The molecule has 0 heterocycles. The molecule has 0 radical (unpaired) electrons. The molecule has 2 amide bonds. The van der Waals surface area contributed by atoms with Crippen molar-refractivity contribution in [3.8, 4) is 0 Å². The molecule has 1 atom stereocenters. The van der Waals surface area contributed by atoms with Crippen molar-refractivity contribution in [3.63, 3.8) is 0 Å². The zero-order valence-electron chi connectivity index (χ0n) is 18.9. The van der Waals surface area contributed by atoms with Gasteiger partial charge in [-0.3, -0.25) is 9.59 Å². The number of benzene rings is 2. The maximum atomic E-state index is 13.4. The topological polar surface area (TPSA) is 90.0 Å². The molecule has 0 spiro atoms. The average Bonchev–Trinajstić information content (AvgIpc) is 2.76. The molecule has 2 aromatic carbocycles. The van der Waals surface area contributed by atoms with Gasteiger partial charge in [0.2, 0.25) is 11.8 Å². The Bertz CT molecular complexity index is 1060. The number of amides is 2. The predicted molar refractivity (Wildman–Crippen MR) is 122 cm³/mol. The Morgan fingerprint density at radius 1 is 1.06 bits per heavy atom. The lowest BCUT2D eigenvalue weighted by Gasteiger charge is -2.32. The molecule has 0 aliphatic rings. The monoisotopic (exact) mass is 464 g/mol. The van der Waals surface area contributed by atoms with E-state index in [0.717, 1.165) is 31.9 Å². The van der Waals surface area contributed by atoms with Crippen molar-refractivity contribution < 1.29 is 22.4 Å². The van der Waals surface area contributed by atoms with Gasteiger partial charge in [-0.05, 0) is 49.2 Å². The van der Waals surface area contributed by atoms with Crippen LogP contribution in [0.4, 0.5) is 10.1 Å². The first kappa shape index (κ1) is 25.3. The molecule has 2 aromatic rings. The van der Waals surface area contributed by atoms with Gasteiger partial charge in [-0.1, -0.05) is 24.3 Å². The van der Waals surface area contributed by atoms with Crippen LogP contribution in [0.3, 0.4) is 0 Å². The molecule has 0 fully saturated rings. The Kier molecular flexibility index (Phi) is 8.34. The van der Waals surface area contributed by atoms with Gasteiger partial charge in [0.1, 0.15) is 18.4 Å². The molecular weight excluding hydrogens is 435 g/mol. The van der Waals surface area contributed by atoms with Crippen molar-refractivity contribution in [1.29, 1.82) is 0 Å². The number of halogens is 1. The van der Waals surface area contributed by atoms with Gasteiger partial charge in [0.05, 0.1) is 5.69 Å². The molecule has 0 aromatic heterocycles. The van der Waals surface area contributed by atoms with E-state index in [1.54, 1.807) is 6.92 Å². The quantitative estimate of drug-likeness (QED) is 0.614. The van der Waals surface area contributed by atoms with Crippen molar-refractivity contribution >= 4 is 27.7 Å². The number of rotatable bonds is 9. The van der Waals surface area contributed by atoms with Crippen LogP contribution in [-0.2, 0) is 26.3 Å². The Balaban J connectivity index is 2.45. The largest absolute Gasteiger partial charge is 0.357 e. The van der Waals surface area contributed by atoms with Crippen LogP contribution in [-0.4, -0.2) is 63.2 Å². The molecule has 32 heavy (non-hydrogen) atoms. The van der Waals surface area contributed by atoms with Gasteiger partial charge in [-0.15, -0.1) is 0 Å². The SMILES string of the molecule is CNC(=O)C(C)N(Cc1ccccc1C)C(=O)CN(c1ccc(F)cc1)S(=O)(=O)N(C)C. The fourth-order valence-electron chi connectivity index (χ4n) is 3.09. The lowest BCUT2D eigenvalue weighted by atomic mass is 10.1. The lowest BCUT2D eigenvalue weighted by Crippen LogP contribution is -2.52. The summed E-state index contributed by atoms with van der Waals surface area (Å²) < 4.78 is 41.2. The second kappa shape index (κ2) is 10.6. The summed E-state index contributed by atoms with van der Waals surface area (Å²) >= 11 is 0. The third kappa shape index (κ3) is 5.83. The number of hydrogen-bond acceptors (Lipinski definition) is 4. The van der Waals surface area contributed by atoms with Crippen molar-refractivity contribution in [2.24, 2.45) is 0 Å². The Labute approximate surface area is 188 Å². The average molecular weight is 465 g/mol. The lowest BCUT2D eigenvalue weighted by molar-refractivity contribution is -0.139. The normalized spacial score (nSPS) is 12.3. The summed E-state index contributed by atoms with van der Waals surface area (Å²) in [7, 11) is 0.0827. The second-order valence-corrected chi connectivity index (χ2v) is 9.58. The summed E-state index contributed by atoms with van der Waals surface area (Å²) in [5, 5.41) is 2.53. The molecule has 174 valence electrons. The molecule has 1 N–H and O–H groups in total. The van der Waals surface area contributed by atoms with E-state index in [4.69, 9.17) is 0 Å². The molecule has 8 nitrogen and oxygen atoms in total. The number of carbonyl (C=O) groups is 2. The summed E-state index contributed by atoms with van der Waals surface area (Å²) in [6.07, 6.45) is 0. The highest BCUT2D eigenvalue weighted by Gasteiger charge is 2.32. The number of carbonyl (C=O) groups excluding carboxylic acids is 2. The van der Waals surface area contributed by atoms with Crippen molar-refractivity contribution in [2.45, 2.75) is 26.4 Å². The van der Waals surface area contributed by atoms with Crippen LogP contribution in [0.5, 0.6) is 0 Å². The Morgan fingerprint density at radius 3 is 2.19 bits per heavy atom. The van der Waals surface area contributed by atoms with Crippen LogP contribution >= 0.6 is 0 Å². The number of likely N-dealkylation sites (N-methyl/N-ethyl adjacent to an activating group) is 1. The van der Waals surface area contributed by atoms with Crippen LogP contribution in [0.15, 0.2) is 48.5 Å². The maximum absolute atomic E-state index is 13.4. The first-order valence-corrected chi connectivity index (χ1v) is 11.4. The number of nitrogens with zero attached hydrogens (tertiary/aromatic N) is 3. The van der Waals surface area contributed by atoms with Crippen LogP contribution in [0.2, 0.25) is 0 Å².